The average Bonchev–Trinajstić information content (AvgIpc) is 3.13. The van der Waals surface area contributed by atoms with Crippen molar-refractivity contribution in [2.75, 3.05) is 6.61 Å². The van der Waals surface area contributed by atoms with Crippen LogP contribution < -0.4 is 10.1 Å². The lowest BCUT2D eigenvalue weighted by Gasteiger charge is -2.27. The minimum Gasteiger partial charge on any atom is -0.493 e. The quantitative estimate of drug-likeness (QED) is 0.891. The summed E-state index contributed by atoms with van der Waals surface area (Å²) in [5, 5.41) is 12.1. The van der Waals surface area contributed by atoms with Gasteiger partial charge in [-0.05, 0) is 44.9 Å². The fourth-order valence-corrected chi connectivity index (χ4v) is 3.21. The Morgan fingerprint density at radius 2 is 2.19 bits per heavy atom. The van der Waals surface area contributed by atoms with Gasteiger partial charge in [-0.2, -0.15) is 0 Å². The summed E-state index contributed by atoms with van der Waals surface area (Å²) in [5.41, 5.74) is 1.09. The first kappa shape index (κ1) is 13.9. The first-order chi connectivity index (χ1) is 9.94. The molecule has 5 nitrogen and oxygen atoms in total. The molecule has 1 fully saturated rings. The van der Waals surface area contributed by atoms with E-state index in [-0.39, 0.29) is 23.3 Å². The molecule has 3 rings (SSSR count). The molecule has 0 radical (unpaired) electrons. The standard InChI is InChI=1S/C16H19NO4/c1-9(2)17-14(18)10-3-4-13-11(7-10)16(5-6-21-13)8-12(16)15(19)20/h3-4,7,9,12H,5-6,8H2,1-2H3,(H,17,18)(H,19,20)/t12-,16-/m0/s1. The van der Waals surface area contributed by atoms with Crippen LogP contribution in [0.25, 0.3) is 0 Å². The summed E-state index contributed by atoms with van der Waals surface area (Å²) >= 11 is 0. The molecule has 0 bridgehead atoms. The van der Waals surface area contributed by atoms with E-state index in [0.717, 1.165) is 5.56 Å². The van der Waals surface area contributed by atoms with E-state index in [9.17, 15) is 14.7 Å². The summed E-state index contributed by atoms with van der Waals surface area (Å²) in [6.07, 6.45) is 1.33. The van der Waals surface area contributed by atoms with Crippen molar-refractivity contribution in [3.63, 3.8) is 0 Å². The van der Waals surface area contributed by atoms with Gasteiger partial charge in [0.2, 0.25) is 0 Å². The Kier molecular flexibility index (Phi) is 3.15. The maximum atomic E-state index is 12.1. The zero-order valence-corrected chi connectivity index (χ0v) is 12.2. The van der Waals surface area contributed by atoms with Crippen LogP contribution in [0.5, 0.6) is 5.75 Å². The molecule has 1 spiro atoms. The molecule has 1 aromatic rings. The molecule has 1 aromatic carbocycles. The highest BCUT2D eigenvalue weighted by Gasteiger charge is 2.61. The Balaban J connectivity index is 1.95. The number of amides is 1. The van der Waals surface area contributed by atoms with Crippen LogP contribution in [0.2, 0.25) is 0 Å². The topological polar surface area (TPSA) is 75.6 Å². The van der Waals surface area contributed by atoms with Gasteiger partial charge in [0.1, 0.15) is 5.75 Å². The number of hydrogen-bond acceptors (Lipinski definition) is 3. The first-order valence-corrected chi connectivity index (χ1v) is 7.25. The highest BCUT2D eigenvalue weighted by atomic mass is 16.5. The summed E-state index contributed by atoms with van der Waals surface area (Å²) in [5.74, 6) is -0.546. The summed E-state index contributed by atoms with van der Waals surface area (Å²) in [7, 11) is 0. The van der Waals surface area contributed by atoms with Gasteiger partial charge in [0.25, 0.3) is 5.91 Å². The molecule has 0 saturated heterocycles. The molecular weight excluding hydrogens is 270 g/mol. The van der Waals surface area contributed by atoms with Gasteiger partial charge in [-0.15, -0.1) is 0 Å². The molecule has 2 atom stereocenters. The number of carboxylic acids is 1. The van der Waals surface area contributed by atoms with E-state index >= 15 is 0 Å². The van der Waals surface area contributed by atoms with Gasteiger partial charge in [-0.25, -0.2) is 0 Å². The molecule has 112 valence electrons. The highest BCUT2D eigenvalue weighted by molar-refractivity contribution is 5.95. The molecule has 5 heteroatoms. The zero-order chi connectivity index (χ0) is 15.2. The van der Waals surface area contributed by atoms with Crippen LogP contribution >= 0.6 is 0 Å². The lowest BCUT2D eigenvalue weighted by molar-refractivity contribution is -0.139. The molecule has 1 amide bonds. The second-order valence-corrected chi connectivity index (χ2v) is 6.19. The number of aliphatic carboxylic acids is 1. The number of carbonyl (C=O) groups is 2. The number of carboxylic acid groups (broad SMARTS) is 1. The molecule has 1 aliphatic heterocycles. The zero-order valence-electron chi connectivity index (χ0n) is 12.2. The SMILES string of the molecule is CC(C)NC(=O)c1ccc2c(c1)[C@]1(CCO2)C[C@H]1C(=O)O. The fourth-order valence-electron chi connectivity index (χ4n) is 3.21. The average molecular weight is 289 g/mol. The smallest absolute Gasteiger partial charge is 0.307 e. The van der Waals surface area contributed by atoms with Gasteiger partial charge in [0.05, 0.1) is 12.5 Å². The maximum Gasteiger partial charge on any atom is 0.307 e. The normalized spacial score (nSPS) is 26.1. The van der Waals surface area contributed by atoms with Crippen LogP contribution in [0, 0.1) is 5.92 Å². The van der Waals surface area contributed by atoms with Crippen molar-refractivity contribution >= 4 is 11.9 Å². The number of hydrogen-bond donors (Lipinski definition) is 2. The van der Waals surface area contributed by atoms with Crippen molar-refractivity contribution in [1.82, 2.24) is 5.32 Å². The number of carbonyl (C=O) groups excluding carboxylic acids is 1. The molecule has 2 aliphatic rings. The largest absolute Gasteiger partial charge is 0.493 e. The van der Waals surface area contributed by atoms with Crippen molar-refractivity contribution in [2.45, 2.75) is 38.1 Å². The lowest BCUT2D eigenvalue weighted by atomic mass is 9.86. The third kappa shape index (κ3) is 2.26. The van der Waals surface area contributed by atoms with Crippen molar-refractivity contribution in [3.8, 4) is 5.75 Å². The molecular formula is C16H19NO4. The van der Waals surface area contributed by atoms with Crippen molar-refractivity contribution < 1.29 is 19.4 Å². The predicted octanol–water partition coefficient (Wildman–Crippen LogP) is 1.95. The van der Waals surface area contributed by atoms with E-state index in [0.29, 0.717) is 30.8 Å². The van der Waals surface area contributed by atoms with E-state index in [1.807, 2.05) is 13.8 Å². The second kappa shape index (κ2) is 4.76. The van der Waals surface area contributed by atoms with Crippen LogP contribution in [0.15, 0.2) is 18.2 Å². The van der Waals surface area contributed by atoms with Gasteiger partial charge >= 0.3 is 5.97 Å². The summed E-state index contributed by atoms with van der Waals surface area (Å²) in [6, 6.07) is 5.37. The van der Waals surface area contributed by atoms with Gasteiger partial charge in [0.15, 0.2) is 0 Å². The molecule has 1 aliphatic carbocycles. The monoisotopic (exact) mass is 289 g/mol. The molecule has 0 unspecified atom stereocenters. The number of fused-ring (bicyclic) bond motifs is 2. The van der Waals surface area contributed by atoms with Crippen LogP contribution in [0.1, 0.15) is 42.6 Å². The summed E-state index contributed by atoms with van der Waals surface area (Å²) in [6.45, 7) is 4.35. The van der Waals surface area contributed by atoms with E-state index in [4.69, 9.17) is 4.74 Å². The highest BCUT2D eigenvalue weighted by Crippen LogP contribution is 2.60. The van der Waals surface area contributed by atoms with Gasteiger partial charge < -0.3 is 15.2 Å². The molecule has 2 N–H and O–H groups in total. The predicted molar refractivity (Wildman–Crippen MR) is 76.6 cm³/mol. The first-order valence-electron chi connectivity index (χ1n) is 7.25. The number of rotatable bonds is 3. The Hall–Kier alpha value is -2.04. The Labute approximate surface area is 123 Å². The van der Waals surface area contributed by atoms with E-state index in [1.165, 1.54) is 0 Å². The molecule has 0 aromatic heterocycles. The third-order valence-corrected chi connectivity index (χ3v) is 4.38. The van der Waals surface area contributed by atoms with Crippen LogP contribution in [0.3, 0.4) is 0 Å². The van der Waals surface area contributed by atoms with E-state index in [1.54, 1.807) is 18.2 Å². The number of benzene rings is 1. The van der Waals surface area contributed by atoms with Crippen LogP contribution in [-0.2, 0) is 10.2 Å². The lowest BCUT2D eigenvalue weighted by Crippen LogP contribution is -2.31. The van der Waals surface area contributed by atoms with Crippen molar-refractivity contribution in [2.24, 2.45) is 5.92 Å². The van der Waals surface area contributed by atoms with Crippen LogP contribution in [-0.4, -0.2) is 29.6 Å². The Morgan fingerprint density at radius 1 is 1.43 bits per heavy atom. The fraction of sp³-hybridized carbons (Fsp3) is 0.500. The Morgan fingerprint density at radius 3 is 2.81 bits per heavy atom. The number of nitrogens with one attached hydrogen (secondary N) is 1. The van der Waals surface area contributed by atoms with Gasteiger partial charge in [-0.1, -0.05) is 0 Å². The molecule has 21 heavy (non-hydrogen) atoms. The summed E-state index contributed by atoms with van der Waals surface area (Å²) < 4.78 is 5.62. The van der Waals surface area contributed by atoms with E-state index < -0.39 is 5.97 Å². The van der Waals surface area contributed by atoms with Crippen molar-refractivity contribution in [1.29, 1.82) is 0 Å². The molecule has 1 saturated carbocycles. The molecule has 1 heterocycles. The third-order valence-electron chi connectivity index (χ3n) is 4.38. The van der Waals surface area contributed by atoms with Gasteiger partial charge in [-0.3, -0.25) is 9.59 Å². The number of ether oxygens (including phenoxy) is 1. The minimum atomic E-state index is -0.764. The Bertz CT molecular complexity index is 610. The van der Waals surface area contributed by atoms with Crippen molar-refractivity contribution in [3.05, 3.63) is 29.3 Å². The van der Waals surface area contributed by atoms with Crippen LogP contribution in [0.4, 0.5) is 0 Å². The van der Waals surface area contributed by atoms with E-state index in [2.05, 4.69) is 5.32 Å². The summed E-state index contributed by atoms with van der Waals surface area (Å²) in [4.78, 5) is 23.4. The maximum absolute atomic E-state index is 12.1. The second-order valence-electron chi connectivity index (χ2n) is 6.19. The minimum absolute atomic E-state index is 0.0615. The van der Waals surface area contributed by atoms with Gasteiger partial charge in [0, 0.05) is 22.6 Å².